The van der Waals surface area contributed by atoms with Gasteiger partial charge in [-0.25, -0.2) is 4.98 Å². The molecular weight excluding hydrogens is 334 g/mol. The summed E-state index contributed by atoms with van der Waals surface area (Å²) in [6.45, 7) is 4.00. The second kappa shape index (κ2) is 6.56. The number of fused-ring (bicyclic) bond motifs is 1. The van der Waals surface area contributed by atoms with E-state index in [2.05, 4.69) is 31.4 Å². The van der Waals surface area contributed by atoms with Crippen molar-refractivity contribution in [2.45, 2.75) is 46.0 Å². The summed E-state index contributed by atoms with van der Waals surface area (Å²) in [5.74, 6) is 0.715. The van der Waals surface area contributed by atoms with E-state index in [0.29, 0.717) is 25.1 Å². The third-order valence-corrected chi connectivity index (χ3v) is 4.54. The highest BCUT2D eigenvalue weighted by Crippen LogP contribution is 2.43. The molecule has 3 rings (SSSR count). The first-order valence-electron chi connectivity index (χ1n) is 7.29. The summed E-state index contributed by atoms with van der Waals surface area (Å²) in [5, 5.41) is 15.0. The Balaban J connectivity index is 0.000000774. The summed E-state index contributed by atoms with van der Waals surface area (Å²) in [6.07, 6.45) is 5.21. The van der Waals surface area contributed by atoms with Crippen LogP contribution in [-0.2, 0) is 11.2 Å². The van der Waals surface area contributed by atoms with E-state index in [-0.39, 0.29) is 11.3 Å². The van der Waals surface area contributed by atoms with Crippen molar-refractivity contribution in [3.8, 4) is 0 Å². The van der Waals surface area contributed by atoms with Gasteiger partial charge in [0.1, 0.15) is 5.82 Å². The Labute approximate surface area is 133 Å². The van der Waals surface area contributed by atoms with Crippen molar-refractivity contribution in [3.63, 3.8) is 0 Å². The highest BCUT2D eigenvalue weighted by Gasteiger charge is 2.44. The maximum atomic E-state index is 12.3. The van der Waals surface area contributed by atoms with Crippen molar-refractivity contribution < 1.29 is 10.0 Å². The summed E-state index contributed by atoms with van der Waals surface area (Å²) < 4.78 is 0.922. The Hall–Kier alpha value is -1.43. The molecule has 1 aromatic heterocycles. The first-order chi connectivity index (χ1) is 10.1. The van der Waals surface area contributed by atoms with Gasteiger partial charge in [0, 0.05) is 10.7 Å². The van der Waals surface area contributed by atoms with Gasteiger partial charge in [-0.15, -0.1) is 0 Å². The molecule has 0 saturated heterocycles. The van der Waals surface area contributed by atoms with Crippen molar-refractivity contribution in [3.05, 3.63) is 22.3 Å². The van der Waals surface area contributed by atoms with Gasteiger partial charge in [0.15, 0.2) is 0 Å². The number of nitrogens with zero attached hydrogens (tertiary/aromatic N) is 2. The van der Waals surface area contributed by atoms with Crippen molar-refractivity contribution >= 4 is 33.4 Å². The Morgan fingerprint density at radius 2 is 2.05 bits per heavy atom. The monoisotopic (exact) mass is 353 g/mol. The fourth-order valence-corrected chi connectivity index (χ4v) is 3.31. The maximum absolute atomic E-state index is 12.3. The number of carbonyl (C=O) groups excluding carboxylic acids is 1. The minimum atomic E-state index is -0.371. The van der Waals surface area contributed by atoms with Crippen LogP contribution in [0.3, 0.4) is 0 Å². The molecule has 1 fully saturated rings. The van der Waals surface area contributed by atoms with Gasteiger partial charge in [0.2, 0.25) is 5.91 Å². The third kappa shape index (κ3) is 3.10. The minimum absolute atomic E-state index is 0.0480. The second-order valence-electron chi connectivity index (χ2n) is 5.24. The molecule has 21 heavy (non-hydrogen) atoms. The number of oxime groups is 1. The summed E-state index contributed by atoms with van der Waals surface area (Å²) in [7, 11) is 0. The molecule has 0 bridgehead atoms. The van der Waals surface area contributed by atoms with Crippen LogP contribution in [0.1, 0.15) is 45.1 Å². The van der Waals surface area contributed by atoms with Crippen LogP contribution in [0.4, 0.5) is 5.82 Å². The van der Waals surface area contributed by atoms with E-state index >= 15 is 0 Å². The smallest absolute Gasteiger partial charge is 0.232 e. The zero-order valence-corrected chi connectivity index (χ0v) is 13.9. The average molecular weight is 354 g/mol. The van der Waals surface area contributed by atoms with Crippen LogP contribution in [0, 0.1) is 5.41 Å². The van der Waals surface area contributed by atoms with Crippen LogP contribution in [0.2, 0.25) is 0 Å². The molecule has 5 nitrogen and oxygen atoms in total. The summed E-state index contributed by atoms with van der Waals surface area (Å²) >= 11 is 3.41. The van der Waals surface area contributed by atoms with E-state index in [1.165, 1.54) is 0 Å². The predicted molar refractivity (Wildman–Crippen MR) is 85.7 cm³/mol. The number of rotatable bonds is 0. The van der Waals surface area contributed by atoms with Crippen LogP contribution in [-0.4, -0.2) is 21.8 Å². The molecule has 1 aliphatic carbocycles. The Morgan fingerprint density at radius 3 is 2.67 bits per heavy atom. The topological polar surface area (TPSA) is 74.6 Å². The molecule has 1 aromatic rings. The Bertz CT molecular complexity index is 562. The van der Waals surface area contributed by atoms with Crippen molar-refractivity contribution in [2.24, 2.45) is 10.6 Å². The minimum Gasteiger partial charge on any atom is -0.411 e. The number of hydrogen-bond donors (Lipinski definition) is 2. The average Bonchev–Trinajstić information content (AvgIpc) is 2.52. The summed E-state index contributed by atoms with van der Waals surface area (Å²) in [5.41, 5.74) is 1.49. The van der Waals surface area contributed by atoms with Gasteiger partial charge in [-0.2, -0.15) is 0 Å². The normalized spacial score (nSPS) is 23.8. The molecule has 0 aromatic carbocycles. The van der Waals surface area contributed by atoms with Gasteiger partial charge < -0.3 is 10.5 Å². The highest BCUT2D eigenvalue weighted by molar-refractivity contribution is 9.10. The molecule has 0 radical (unpaired) electrons. The molecule has 0 unspecified atom stereocenters. The molecule has 2 N–H and O–H groups in total. The quantitative estimate of drug-likeness (QED) is 0.550. The lowest BCUT2D eigenvalue weighted by Crippen LogP contribution is -2.44. The van der Waals surface area contributed by atoms with E-state index in [4.69, 9.17) is 5.21 Å². The number of nitrogens with one attached hydrogen (secondary N) is 1. The van der Waals surface area contributed by atoms with Gasteiger partial charge in [0.25, 0.3) is 0 Å². The maximum Gasteiger partial charge on any atom is 0.232 e. The van der Waals surface area contributed by atoms with Crippen LogP contribution in [0.15, 0.2) is 21.9 Å². The zero-order chi connectivity index (χ0) is 15.5. The SMILES string of the molecule is CC.O=C1Nc2ncc(Br)cc2CC12CCC(=NO)CC2. The van der Waals surface area contributed by atoms with Crippen LogP contribution < -0.4 is 5.32 Å². The van der Waals surface area contributed by atoms with Crippen LogP contribution >= 0.6 is 15.9 Å². The van der Waals surface area contributed by atoms with E-state index in [9.17, 15) is 4.79 Å². The number of anilines is 1. The summed E-state index contributed by atoms with van der Waals surface area (Å²) in [6, 6.07) is 2.01. The molecule has 1 saturated carbocycles. The fraction of sp³-hybridized carbons (Fsp3) is 0.533. The van der Waals surface area contributed by atoms with Crippen molar-refractivity contribution in [1.29, 1.82) is 0 Å². The number of pyridine rings is 1. The first kappa shape index (κ1) is 15.9. The molecule has 0 atom stereocenters. The standard InChI is InChI=1S/C13H14BrN3O2.C2H6/c14-9-5-8-6-13(3-1-10(17-19)2-4-13)12(18)16-11(8)15-7-9;1-2/h5,7,19H,1-4,6H2,(H,15,16,18);1-2H3. The largest absolute Gasteiger partial charge is 0.411 e. The number of aromatic nitrogens is 1. The van der Waals surface area contributed by atoms with Gasteiger partial charge in [-0.3, -0.25) is 4.79 Å². The van der Waals surface area contributed by atoms with Gasteiger partial charge >= 0.3 is 0 Å². The summed E-state index contributed by atoms with van der Waals surface area (Å²) in [4.78, 5) is 16.6. The van der Waals surface area contributed by atoms with E-state index in [0.717, 1.165) is 28.6 Å². The fourth-order valence-electron chi connectivity index (χ4n) is 2.93. The first-order valence-corrected chi connectivity index (χ1v) is 8.08. The number of hydrogen-bond acceptors (Lipinski definition) is 4. The van der Waals surface area contributed by atoms with Crippen molar-refractivity contribution in [2.75, 3.05) is 5.32 Å². The molecule has 6 heteroatoms. The Morgan fingerprint density at radius 1 is 1.38 bits per heavy atom. The van der Waals surface area contributed by atoms with E-state index in [1.54, 1.807) is 6.20 Å². The van der Waals surface area contributed by atoms with Gasteiger partial charge in [0.05, 0.1) is 11.1 Å². The van der Waals surface area contributed by atoms with Gasteiger partial charge in [-0.05, 0) is 59.7 Å². The molecule has 2 heterocycles. The molecule has 2 aliphatic rings. The molecule has 1 amide bonds. The number of amides is 1. The zero-order valence-electron chi connectivity index (χ0n) is 12.3. The highest BCUT2D eigenvalue weighted by atomic mass is 79.9. The van der Waals surface area contributed by atoms with Gasteiger partial charge in [-0.1, -0.05) is 19.0 Å². The van der Waals surface area contributed by atoms with Crippen LogP contribution in [0.25, 0.3) is 0 Å². The lowest BCUT2D eigenvalue weighted by Gasteiger charge is -2.39. The lowest BCUT2D eigenvalue weighted by molar-refractivity contribution is -0.127. The molecule has 114 valence electrons. The molecular formula is C15H20BrN3O2. The second-order valence-corrected chi connectivity index (χ2v) is 6.15. The van der Waals surface area contributed by atoms with E-state index in [1.807, 2.05) is 19.9 Å². The predicted octanol–water partition coefficient (Wildman–Crippen LogP) is 3.76. The third-order valence-electron chi connectivity index (χ3n) is 4.10. The lowest BCUT2D eigenvalue weighted by atomic mass is 9.68. The number of halogens is 1. The molecule has 1 spiro atoms. The number of carbonyl (C=O) groups is 1. The van der Waals surface area contributed by atoms with Crippen molar-refractivity contribution in [1.82, 2.24) is 4.98 Å². The molecule has 1 aliphatic heterocycles. The van der Waals surface area contributed by atoms with Crippen LogP contribution in [0.5, 0.6) is 0 Å². The van der Waals surface area contributed by atoms with E-state index < -0.39 is 0 Å². The Kier molecular flexibility index (Phi) is 4.98.